The molecular weight excluding hydrogens is 362 g/mol. The molecule has 2 aromatic carbocycles. The summed E-state index contributed by atoms with van der Waals surface area (Å²) in [7, 11) is 1.59. The second-order valence-electron chi connectivity index (χ2n) is 4.90. The molecule has 1 amide bonds. The number of carbonyl (C=O) groups is 1. The third-order valence-corrected chi connectivity index (χ3v) is 4.34. The molecule has 0 saturated heterocycles. The van der Waals surface area contributed by atoms with Crippen LogP contribution in [-0.4, -0.2) is 18.0 Å². The summed E-state index contributed by atoms with van der Waals surface area (Å²) in [6.45, 7) is 0. The van der Waals surface area contributed by atoms with Crippen LogP contribution < -0.4 is 14.8 Å². The normalized spacial score (nSPS) is 10.3. The van der Waals surface area contributed by atoms with Gasteiger partial charge in [0.15, 0.2) is 12.1 Å². The first-order valence-corrected chi connectivity index (χ1v) is 8.41. The fraction of sp³-hybridized carbons (Fsp3) is 0.0588. The van der Waals surface area contributed by atoms with Crippen LogP contribution in [0.1, 0.15) is 10.5 Å². The average Bonchev–Trinajstić information content (AvgIpc) is 3.16. The fourth-order valence-corrected chi connectivity index (χ4v) is 2.91. The Labute approximate surface area is 153 Å². The van der Waals surface area contributed by atoms with Crippen LogP contribution in [0.25, 0.3) is 0 Å². The minimum Gasteiger partial charge on any atom is -0.496 e. The van der Waals surface area contributed by atoms with Crippen LogP contribution in [0.2, 0.25) is 5.02 Å². The van der Waals surface area contributed by atoms with E-state index in [4.69, 9.17) is 20.8 Å². The van der Waals surface area contributed by atoms with Crippen molar-refractivity contribution in [2.24, 2.45) is 0 Å². The van der Waals surface area contributed by atoms with E-state index in [9.17, 15) is 4.79 Å². The standard InChI is InChI=1S/C17H14ClN3O3S/c1-23-15-7-6-13(20-17(22)14-9-24-10-19-14)8-16(15)25-21-12-4-2-11(18)3-5-12/h2-10,21H,1H3,(H,20,22). The summed E-state index contributed by atoms with van der Waals surface area (Å²) in [5, 5.41) is 3.44. The number of carbonyl (C=O) groups excluding carboxylic acids is 1. The maximum atomic E-state index is 12.1. The van der Waals surface area contributed by atoms with Gasteiger partial charge in [-0.2, -0.15) is 0 Å². The van der Waals surface area contributed by atoms with E-state index >= 15 is 0 Å². The van der Waals surface area contributed by atoms with Crippen LogP contribution in [0.4, 0.5) is 11.4 Å². The summed E-state index contributed by atoms with van der Waals surface area (Å²) in [5.41, 5.74) is 1.73. The highest BCUT2D eigenvalue weighted by Gasteiger charge is 2.11. The molecule has 0 bridgehead atoms. The smallest absolute Gasteiger partial charge is 0.277 e. The lowest BCUT2D eigenvalue weighted by atomic mass is 10.3. The van der Waals surface area contributed by atoms with Gasteiger partial charge in [-0.1, -0.05) is 11.6 Å². The van der Waals surface area contributed by atoms with Gasteiger partial charge in [0.1, 0.15) is 12.0 Å². The Morgan fingerprint density at radius 1 is 1.20 bits per heavy atom. The molecule has 0 unspecified atom stereocenters. The van der Waals surface area contributed by atoms with Gasteiger partial charge in [0.2, 0.25) is 0 Å². The summed E-state index contributed by atoms with van der Waals surface area (Å²) < 4.78 is 13.4. The third-order valence-electron chi connectivity index (χ3n) is 3.21. The van der Waals surface area contributed by atoms with Crippen LogP contribution >= 0.6 is 23.5 Å². The zero-order valence-electron chi connectivity index (χ0n) is 13.2. The van der Waals surface area contributed by atoms with Gasteiger partial charge in [-0.25, -0.2) is 4.98 Å². The molecule has 2 N–H and O–H groups in total. The second-order valence-corrected chi connectivity index (χ2v) is 6.19. The SMILES string of the molecule is COc1ccc(NC(=O)c2cocn2)cc1SNc1ccc(Cl)cc1. The molecule has 0 radical (unpaired) electrons. The van der Waals surface area contributed by atoms with Crippen molar-refractivity contribution < 1.29 is 13.9 Å². The lowest BCUT2D eigenvalue weighted by Crippen LogP contribution is -2.12. The molecule has 1 aromatic heterocycles. The molecule has 0 spiro atoms. The Kier molecular flexibility index (Phi) is 5.47. The van der Waals surface area contributed by atoms with Gasteiger partial charge in [-0.3, -0.25) is 4.79 Å². The molecule has 6 nitrogen and oxygen atoms in total. The largest absolute Gasteiger partial charge is 0.496 e. The molecule has 0 atom stereocenters. The number of hydrogen-bond acceptors (Lipinski definition) is 6. The van der Waals surface area contributed by atoms with E-state index < -0.39 is 0 Å². The van der Waals surface area contributed by atoms with E-state index in [-0.39, 0.29) is 11.6 Å². The van der Waals surface area contributed by atoms with Gasteiger partial charge < -0.3 is 19.2 Å². The van der Waals surface area contributed by atoms with Gasteiger partial charge in [-0.15, -0.1) is 0 Å². The number of anilines is 2. The molecule has 0 saturated carbocycles. The Hall–Kier alpha value is -2.64. The quantitative estimate of drug-likeness (QED) is 0.608. The number of benzene rings is 2. The molecule has 3 aromatic rings. The van der Waals surface area contributed by atoms with E-state index in [0.29, 0.717) is 16.5 Å². The van der Waals surface area contributed by atoms with Crippen molar-refractivity contribution in [2.45, 2.75) is 4.90 Å². The number of nitrogens with one attached hydrogen (secondary N) is 2. The third kappa shape index (κ3) is 4.46. The number of hydrogen-bond donors (Lipinski definition) is 2. The molecule has 8 heteroatoms. The highest BCUT2D eigenvalue weighted by molar-refractivity contribution is 8.00. The van der Waals surface area contributed by atoms with E-state index in [1.54, 1.807) is 31.4 Å². The molecular formula is C17H14ClN3O3S. The van der Waals surface area contributed by atoms with Crippen LogP contribution in [0.5, 0.6) is 5.75 Å². The van der Waals surface area contributed by atoms with E-state index in [2.05, 4.69) is 15.0 Å². The monoisotopic (exact) mass is 375 g/mol. The number of oxazole rings is 1. The number of rotatable bonds is 6. The number of ether oxygens (including phenoxy) is 1. The molecule has 0 aliphatic heterocycles. The van der Waals surface area contributed by atoms with Gasteiger partial charge in [0.05, 0.1) is 12.0 Å². The van der Waals surface area contributed by atoms with E-state index in [1.807, 2.05) is 18.2 Å². The molecule has 3 rings (SSSR count). The van der Waals surface area contributed by atoms with Crippen molar-refractivity contribution in [3.05, 3.63) is 65.8 Å². The first kappa shape index (κ1) is 17.2. The topological polar surface area (TPSA) is 76.4 Å². The molecule has 0 fully saturated rings. The minimum atomic E-state index is -0.347. The van der Waals surface area contributed by atoms with Crippen molar-refractivity contribution in [1.82, 2.24) is 4.98 Å². The number of halogens is 1. The Bertz CT molecular complexity index is 854. The average molecular weight is 376 g/mol. The van der Waals surface area contributed by atoms with Gasteiger partial charge >= 0.3 is 0 Å². The Balaban J connectivity index is 1.73. The van der Waals surface area contributed by atoms with Gasteiger partial charge in [0, 0.05) is 16.4 Å². The van der Waals surface area contributed by atoms with Crippen LogP contribution in [0.3, 0.4) is 0 Å². The van der Waals surface area contributed by atoms with Crippen LogP contribution in [-0.2, 0) is 0 Å². The van der Waals surface area contributed by atoms with E-state index in [0.717, 1.165) is 10.6 Å². The molecule has 25 heavy (non-hydrogen) atoms. The second kappa shape index (κ2) is 7.96. The summed E-state index contributed by atoms with van der Waals surface area (Å²) in [4.78, 5) is 16.7. The molecule has 128 valence electrons. The van der Waals surface area contributed by atoms with Crippen LogP contribution in [0.15, 0.2) is 64.4 Å². The number of amides is 1. The first-order chi connectivity index (χ1) is 12.2. The highest BCUT2D eigenvalue weighted by atomic mass is 35.5. The lowest BCUT2D eigenvalue weighted by Gasteiger charge is -2.12. The summed E-state index contributed by atoms with van der Waals surface area (Å²) in [6.07, 6.45) is 2.50. The molecule has 1 heterocycles. The van der Waals surface area contributed by atoms with Crippen molar-refractivity contribution in [3.8, 4) is 5.75 Å². The maximum Gasteiger partial charge on any atom is 0.277 e. The Morgan fingerprint density at radius 3 is 2.64 bits per heavy atom. The van der Waals surface area contributed by atoms with Crippen molar-refractivity contribution in [3.63, 3.8) is 0 Å². The summed E-state index contributed by atoms with van der Waals surface area (Å²) in [6, 6.07) is 12.7. The zero-order valence-corrected chi connectivity index (χ0v) is 14.7. The predicted molar refractivity (Wildman–Crippen MR) is 98.4 cm³/mol. The molecule has 0 aliphatic rings. The van der Waals surface area contributed by atoms with Crippen molar-refractivity contribution in [1.29, 1.82) is 0 Å². The number of nitrogens with zero attached hydrogens (tertiary/aromatic N) is 1. The Morgan fingerprint density at radius 2 is 1.96 bits per heavy atom. The number of aromatic nitrogens is 1. The first-order valence-electron chi connectivity index (χ1n) is 7.22. The summed E-state index contributed by atoms with van der Waals surface area (Å²) >= 11 is 7.25. The van der Waals surface area contributed by atoms with E-state index in [1.165, 1.54) is 24.6 Å². The zero-order chi connectivity index (χ0) is 17.6. The lowest BCUT2D eigenvalue weighted by molar-refractivity contribution is 0.102. The van der Waals surface area contributed by atoms with Crippen molar-refractivity contribution in [2.75, 3.05) is 17.1 Å². The van der Waals surface area contributed by atoms with Gasteiger partial charge in [-0.05, 0) is 54.4 Å². The summed E-state index contributed by atoms with van der Waals surface area (Å²) in [5.74, 6) is 0.339. The minimum absolute atomic E-state index is 0.212. The van der Waals surface area contributed by atoms with Gasteiger partial charge in [0.25, 0.3) is 5.91 Å². The highest BCUT2D eigenvalue weighted by Crippen LogP contribution is 2.33. The number of methoxy groups -OCH3 is 1. The van der Waals surface area contributed by atoms with Crippen LogP contribution in [0, 0.1) is 0 Å². The fourth-order valence-electron chi connectivity index (χ4n) is 1.99. The predicted octanol–water partition coefficient (Wildman–Crippen LogP) is 4.71. The molecule has 0 aliphatic carbocycles. The maximum absolute atomic E-state index is 12.1. The van der Waals surface area contributed by atoms with Crippen molar-refractivity contribution >= 4 is 40.8 Å².